The van der Waals surface area contributed by atoms with Crippen molar-refractivity contribution in [2.45, 2.75) is 60.8 Å². The molecular weight excluding hydrogens is 592 g/mol. The van der Waals surface area contributed by atoms with Crippen LogP contribution < -0.4 is 10.6 Å². The van der Waals surface area contributed by atoms with E-state index in [1.54, 1.807) is 18.2 Å². The molecule has 8 heteroatoms. The Morgan fingerprint density at radius 1 is 0.872 bits per heavy atom. The van der Waals surface area contributed by atoms with Gasteiger partial charge in [0, 0.05) is 40.6 Å². The van der Waals surface area contributed by atoms with Gasteiger partial charge in [-0.15, -0.1) is 0 Å². The van der Waals surface area contributed by atoms with Crippen LogP contribution in [-0.4, -0.2) is 34.0 Å². The zero-order valence-corrected chi connectivity index (χ0v) is 28.5. The first-order valence-corrected chi connectivity index (χ1v) is 15.4. The van der Waals surface area contributed by atoms with Crippen molar-refractivity contribution in [2.75, 3.05) is 5.32 Å². The number of benzene rings is 1. The number of carbonyl (C=O) groups excluding carboxylic acids is 2. The van der Waals surface area contributed by atoms with Gasteiger partial charge < -0.3 is 20.8 Å². The molecule has 0 bridgehead atoms. The van der Waals surface area contributed by atoms with Crippen LogP contribution >= 0.6 is 0 Å². The number of carboxylic acid groups (broad SMARTS) is 2. The lowest BCUT2D eigenvalue weighted by Crippen LogP contribution is -2.21. The minimum Gasteiger partial charge on any atom is -0.478 e. The van der Waals surface area contributed by atoms with E-state index >= 15 is 0 Å². The van der Waals surface area contributed by atoms with Crippen molar-refractivity contribution < 1.29 is 29.4 Å². The number of hydrogen-bond acceptors (Lipinski definition) is 4. The zero-order valence-electron chi connectivity index (χ0n) is 28.5. The summed E-state index contributed by atoms with van der Waals surface area (Å²) in [6.45, 7) is 20.7. The first-order chi connectivity index (χ1) is 22.1. The molecule has 2 amide bonds. The van der Waals surface area contributed by atoms with Gasteiger partial charge >= 0.3 is 11.9 Å². The Kier molecular flexibility index (Phi) is 16.9. The van der Waals surface area contributed by atoms with Crippen molar-refractivity contribution in [2.24, 2.45) is 11.8 Å². The Bertz CT molecular complexity index is 1550. The fourth-order valence-electron chi connectivity index (χ4n) is 4.57. The van der Waals surface area contributed by atoms with Gasteiger partial charge in [0.25, 0.3) is 0 Å². The highest BCUT2D eigenvalue weighted by Crippen LogP contribution is 2.34. The predicted octanol–water partition coefficient (Wildman–Crippen LogP) is 8.20. The Balaban J connectivity index is 3.57. The van der Waals surface area contributed by atoms with Crippen LogP contribution in [0.25, 0.3) is 0 Å². The maximum absolute atomic E-state index is 12.5. The Morgan fingerprint density at radius 3 is 1.96 bits per heavy atom. The lowest BCUT2D eigenvalue weighted by molar-refractivity contribution is -0.133. The molecule has 4 N–H and O–H groups in total. The topological polar surface area (TPSA) is 133 Å². The molecule has 1 aromatic rings. The third-order valence-corrected chi connectivity index (χ3v) is 7.06. The van der Waals surface area contributed by atoms with Crippen LogP contribution in [0.2, 0.25) is 0 Å². The number of carbonyl (C=O) groups is 4. The van der Waals surface area contributed by atoms with Crippen LogP contribution in [0, 0.1) is 11.8 Å². The summed E-state index contributed by atoms with van der Waals surface area (Å²) in [4.78, 5) is 47.1. The van der Waals surface area contributed by atoms with Crippen LogP contribution in [0.3, 0.4) is 0 Å². The van der Waals surface area contributed by atoms with Crippen LogP contribution in [0.1, 0.15) is 66.4 Å². The quantitative estimate of drug-likeness (QED) is 0.100. The van der Waals surface area contributed by atoms with E-state index in [9.17, 15) is 19.2 Å². The monoisotopic (exact) mass is 640 g/mol. The molecule has 0 aliphatic carbocycles. The summed E-state index contributed by atoms with van der Waals surface area (Å²) < 4.78 is 0. The summed E-state index contributed by atoms with van der Waals surface area (Å²) in [5.41, 5.74) is 4.92. The van der Waals surface area contributed by atoms with Gasteiger partial charge in [0.15, 0.2) is 0 Å². The van der Waals surface area contributed by atoms with E-state index in [-0.39, 0.29) is 28.9 Å². The predicted molar refractivity (Wildman–Crippen MR) is 191 cm³/mol. The molecule has 0 saturated carbocycles. The molecule has 0 aromatic heterocycles. The third-order valence-electron chi connectivity index (χ3n) is 7.06. The maximum atomic E-state index is 12.5. The average Bonchev–Trinajstić information content (AvgIpc) is 2.99. The van der Waals surface area contributed by atoms with Crippen molar-refractivity contribution >= 4 is 29.4 Å². The largest absolute Gasteiger partial charge is 0.478 e. The van der Waals surface area contributed by atoms with Crippen LogP contribution in [-0.2, 0) is 19.2 Å². The zero-order chi connectivity index (χ0) is 35.7. The molecule has 2 unspecified atom stereocenters. The molecule has 0 aliphatic rings. The summed E-state index contributed by atoms with van der Waals surface area (Å²) in [5.74, 6) is -3.46. The first-order valence-electron chi connectivity index (χ1n) is 15.4. The number of aliphatic carboxylic acids is 2. The van der Waals surface area contributed by atoms with Gasteiger partial charge in [0.05, 0.1) is 0 Å². The molecule has 0 heterocycles. The number of amides is 2. The van der Waals surface area contributed by atoms with Crippen molar-refractivity contribution in [3.05, 3.63) is 137 Å². The third kappa shape index (κ3) is 14.6. The second-order valence-electron chi connectivity index (χ2n) is 11.5. The molecule has 8 nitrogen and oxygen atoms in total. The van der Waals surface area contributed by atoms with E-state index < -0.39 is 23.8 Å². The van der Waals surface area contributed by atoms with Gasteiger partial charge in [-0.2, -0.15) is 0 Å². The standard InChI is InChI=1S/C39H48N2O6/c1-10-12-13-26(5)31(11-2)16-14-27(6)37(32-17-20-33(21-18-32)40-35(42)23-29(8)38(44)45)28(7)15-19-34(22-25(3)4)41-36(43)24-30(9)39(46)47/h10,12-25,28,37H,1,5,11H2,2-4,6-9H3,(H,40,42)(H,41,43)(H,44,45)(H,46,47)/b13-12-,19-15-,27-14+,29-23+,30-24+,31-16+,34-22+. The van der Waals surface area contributed by atoms with Crippen LogP contribution in [0.15, 0.2) is 132 Å². The maximum Gasteiger partial charge on any atom is 0.331 e. The van der Waals surface area contributed by atoms with Gasteiger partial charge in [-0.3, -0.25) is 9.59 Å². The average molecular weight is 641 g/mol. The molecular formula is C39H48N2O6. The second-order valence-corrected chi connectivity index (χ2v) is 11.5. The Hall–Kier alpha value is -5.24. The lowest BCUT2D eigenvalue weighted by atomic mass is 9.81. The highest BCUT2D eigenvalue weighted by atomic mass is 16.4. The molecule has 1 rings (SSSR count). The van der Waals surface area contributed by atoms with E-state index in [2.05, 4.69) is 49.8 Å². The first kappa shape index (κ1) is 39.8. The SMILES string of the molecule is C=C/C=C\C(=C)/C(=C/C=C(\C)C(c1ccc(NC(=O)/C=C(\C)C(=O)O)cc1)C(C)/C=C\C(=C/C(C)C)NC(=O)/C=C(\C)C(=O)O)CC. The number of nitrogens with one attached hydrogen (secondary N) is 2. The fraction of sp³-hybridized carbons (Fsp3) is 0.282. The number of hydrogen-bond donors (Lipinski definition) is 4. The van der Waals surface area contributed by atoms with E-state index in [1.165, 1.54) is 13.8 Å². The molecule has 2 atom stereocenters. The minimum atomic E-state index is -1.17. The highest BCUT2D eigenvalue weighted by molar-refractivity contribution is 6.04. The molecule has 0 saturated heterocycles. The van der Waals surface area contributed by atoms with Gasteiger partial charge in [0.2, 0.25) is 11.8 Å². The number of allylic oxidation sites excluding steroid dienone is 11. The van der Waals surface area contributed by atoms with Crippen LogP contribution in [0.5, 0.6) is 0 Å². The fourth-order valence-corrected chi connectivity index (χ4v) is 4.57. The van der Waals surface area contributed by atoms with Crippen molar-refractivity contribution in [1.82, 2.24) is 5.32 Å². The number of carboxylic acids is 2. The number of anilines is 1. The van der Waals surface area contributed by atoms with E-state index in [1.807, 2.05) is 63.3 Å². The minimum absolute atomic E-state index is 0.0700. The van der Waals surface area contributed by atoms with Gasteiger partial charge in [-0.1, -0.05) is 101 Å². The van der Waals surface area contributed by atoms with E-state index in [4.69, 9.17) is 10.2 Å². The van der Waals surface area contributed by atoms with Crippen molar-refractivity contribution in [3.63, 3.8) is 0 Å². The normalized spacial score (nSPS) is 14.7. The van der Waals surface area contributed by atoms with Crippen molar-refractivity contribution in [3.8, 4) is 0 Å². The Morgan fingerprint density at radius 2 is 1.45 bits per heavy atom. The smallest absolute Gasteiger partial charge is 0.331 e. The van der Waals surface area contributed by atoms with Crippen molar-refractivity contribution in [1.29, 1.82) is 0 Å². The van der Waals surface area contributed by atoms with Crippen LogP contribution in [0.4, 0.5) is 5.69 Å². The Labute approximate surface area is 279 Å². The number of rotatable bonds is 17. The van der Waals surface area contributed by atoms with E-state index in [0.29, 0.717) is 11.4 Å². The molecule has 0 fully saturated rings. The summed E-state index contributed by atoms with van der Waals surface area (Å²) in [5, 5.41) is 23.7. The molecule has 47 heavy (non-hydrogen) atoms. The molecule has 0 radical (unpaired) electrons. The lowest BCUT2D eigenvalue weighted by Gasteiger charge is -2.24. The summed E-state index contributed by atoms with van der Waals surface area (Å²) in [6.07, 6.45) is 18.2. The molecule has 0 aliphatic heterocycles. The summed E-state index contributed by atoms with van der Waals surface area (Å²) >= 11 is 0. The summed E-state index contributed by atoms with van der Waals surface area (Å²) in [6, 6.07) is 7.37. The highest BCUT2D eigenvalue weighted by Gasteiger charge is 2.20. The van der Waals surface area contributed by atoms with Gasteiger partial charge in [-0.05, 0) is 73.9 Å². The molecule has 0 spiro atoms. The van der Waals surface area contributed by atoms with E-state index in [0.717, 1.165) is 40.9 Å². The second kappa shape index (κ2) is 20.0. The molecule has 250 valence electrons. The summed E-state index contributed by atoms with van der Waals surface area (Å²) in [7, 11) is 0. The van der Waals surface area contributed by atoms with Gasteiger partial charge in [-0.25, -0.2) is 9.59 Å². The van der Waals surface area contributed by atoms with Gasteiger partial charge in [0.1, 0.15) is 0 Å². The molecule has 1 aromatic carbocycles.